The third-order valence-electron chi connectivity index (χ3n) is 11.1. The Morgan fingerprint density at radius 2 is 0.870 bits per heavy atom. The second-order valence-electron chi connectivity index (χ2n) is 14.1. The predicted molar refractivity (Wildman–Crippen MR) is 223 cm³/mol. The lowest BCUT2D eigenvalue weighted by molar-refractivity contribution is 0.645. The highest BCUT2D eigenvalue weighted by atomic mass is 16.3. The molecule has 8 aromatic carbocycles. The third kappa shape index (κ3) is 4.19. The van der Waals surface area contributed by atoms with Crippen LogP contribution in [0.2, 0.25) is 0 Å². The molecule has 0 spiro atoms. The standard InChI is InChI=1S/C50H30N2O2/c1-2-10-35(11-3-1)52-44-16-8-5-14-39(44)49-40-25-20-34(30-48(40)54-50(49)52)31-18-23-36(24-19-31)51-43-15-7-4-12-37(43)41-28-32(21-26-45(41)51)33-22-27-47-42(29-33)38-13-6-9-17-46(38)53-47/h1-30H. The van der Waals surface area contributed by atoms with Crippen LogP contribution in [0.5, 0.6) is 0 Å². The Balaban J connectivity index is 0.947. The minimum Gasteiger partial charge on any atom is -0.456 e. The molecule has 4 aromatic heterocycles. The molecule has 0 amide bonds. The summed E-state index contributed by atoms with van der Waals surface area (Å²) in [6, 6.07) is 64.8. The van der Waals surface area contributed by atoms with Gasteiger partial charge in [0.05, 0.1) is 21.9 Å². The molecule has 0 fully saturated rings. The van der Waals surface area contributed by atoms with Gasteiger partial charge in [-0.05, 0) is 101 Å². The molecule has 0 radical (unpaired) electrons. The summed E-state index contributed by atoms with van der Waals surface area (Å²) < 4.78 is 17.4. The van der Waals surface area contributed by atoms with E-state index < -0.39 is 0 Å². The molecular formula is C50H30N2O2. The topological polar surface area (TPSA) is 36.1 Å². The molecule has 0 saturated carbocycles. The average molecular weight is 691 g/mol. The molecule has 4 nitrogen and oxygen atoms in total. The molecule has 0 aliphatic heterocycles. The first-order valence-corrected chi connectivity index (χ1v) is 18.3. The van der Waals surface area contributed by atoms with Crippen LogP contribution in [-0.2, 0) is 0 Å². The first-order valence-electron chi connectivity index (χ1n) is 18.3. The van der Waals surface area contributed by atoms with Crippen LogP contribution >= 0.6 is 0 Å². The first-order chi connectivity index (χ1) is 26.8. The lowest BCUT2D eigenvalue weighted by Crippen LogP contribution is -1.93. The quantitative estimate of drug-likeness (QED) is 0.184. The van der Waals surface area contributed by atoms with Crippen molar-refractivity contribution in [3.05, 3.63) is 182 Å². The molecular weight excluding hydrogens is 661 g/mol. The van der Waals surface area contributed by atoms with Crippen LogP contribution < -0.4 is 0 Å². The van der Waals surface area contributed by atoms with Crippen molar-refractivity contribution in [2.45, 2.75) is 0 Å². The molecule has 54 heavy (non-hydrogen) atoms. The fourth-order valence-electron chi connectivity index (χ4n) is 8.64. The van der Waals surface area contributed by atoms with Gasteiger partial charge in [0.1, 0.15) is 16.7 Å². The molecule has 0 N–H and O–H groups in total. The SMILES string of the molecule is c1ccc(-n2c3ccccc3c3c4ccc(-c5ccc(-n6c7ccccc7c7cc(-c8ccc9oc%10ccccc%10c9c8)ccc76)cc5)cc4oc32)cc1. The van der Waals surface area contributed by atoms with E-state index in [1.165, 1.54) is 38.3 Å². The smallest absolute Gasteiger partial charge is 0.213 e. The molecule has 12 aromatic rings. The summed E-state index contributed by atoms with van der Waals surface area (Å²) in [5.74, 6) is 0. The summed E-state index contributed by atoms with van der Waals surface area (Å²) in [5.41, 5.74) is 13.9. The summed E-state index contributed by atoms with van der Waals surface area (Å²) in [6.07, 6.45) is 0. The van der Waals surface area contributed by atoms with Crippen LogP contribution in [0.1, 0.15) is 0 Å². The van der Waals surface area contributed by atoms with Crippen molar-refractivity contribution in [1.82, 2.24) is 9.13 Å². The van der Waals surface area contributed by atoms with Crippen molar-refractivity contribution in [2.75, 3.05) is 0 Å². The van der Waals surface area contributed by atoms with E-state index in [0.717, 1.165) is 72.0 Å². The summed E-state index contributed by atoms with van der Waals surface area (Å²) in [4.78, 5) is 0. The van der Waals surface area contributed by atoms with E-state index in [1.54, 1.807) is 0 Å². The van der Waals surface area contributed by atoms with Gasteiger partial charge in [-0.1, -0.05) is 103 Å². The van der Waals surface area contributed by atoms with E-state index in [9.17, 15) is 0 Å². The lowest BCUT2D eigenvalue weighted by atomic mass is 10.0. The van der Waals surface area contributed by atoms with Gasteiger partial charge in [-0.25, -0.2) is 0 Å². The predicted octanol–water partition coefficient (Wildman–Crippen LogP) is 13.9. The van der Waals surface area contributed by atoms with E-state index in [0.29, 0.717) is 0 Å². The number of aromatic nitrogens is 2. The van der Waals surface area contributed by atoms with Crippen LogP contribution in [0, 0.1) is 0 Å². The monoisotopic (exact) mass is 690 g/mol. The highest BCUT2D eigenvalue weighted by molar-refractivity contribution is 6.20. The van der Waals surface area contributed by atoms with E-state index in [2.05, 4.69) is 173 Å². The molecule has 12 rings (SSSR count). The van der Waals surface area contributed by atoms with Gasteiger partial charge in [0.15, 0.2) is 0 Å². The number of benzene rings is 8. The highest BCUT2D eigenvalue weighted by Crippen LogP contribution is 2.41. The maximum Gasteiger partial charge on any atom is 0.213 e. The molecule has 0 saturated heterocycles. The van der Waals surface area contributed by atoms with Gasteiger partial charge in [0.25, 0.3) is 0 Å². The van der Waals surface area contributed by atoms with Crippen LogP contribution in [0.3, 0.4) is 0 Å². The summed E-state index contributed by atoms with van der Waals surface area (Å²) in [7, 11) is 0. The Morgan fingerprint density at radius 3 is 1.70 bits per heavy atom. The molecule has 0 atom stereocenters. The first kappa shape index (κ1) is 29.3. The fourth-order valence-corrected chi connectivity index (χ4v) is 8.64. The second kappa shape index (κ2) is 11.1. The minimum absolute atomic E-state index is 0.870. The average Bonchev–Trinajstić information content (AvgIpc) is 3.97. The molecule has 0 unspecified atom stereocenters. The Hall–Kier alpha value is -7.30. The molecule has 4 heterocycles. The van der Waals surface area contributed by atoms with E-state index in [-0.39, 0.29) is 0 Å². The van der Waals surface area contributed by atoms with Crippen LogP contribution in [0.15, 0.2) is 191 Å². The van der Waals surface area contributed by atoms with Crippen LogP contribution in [-0.4, -0.2) is 9.13 Å². The van der Waals surface area contributed by atoms with Crippen molar-refractivity contribution in [3.63, 3.8) is 0 Å². The second-order valence-corrected chi connectivity index (χ2v) is 14.1. The Labute approximate surface area is 309 Å². The number of para-hydroxylation sites is 4. The van der Waals surface area contributed by atoms with E-state index >= 15 is 0 Å². The van der Waals surface area contributed by atoms with Gasteiger partial charge in [-0.3, -0.25) is 4.57 Å². The number of hydrogen-bond donors (Lipinski definition) is 0. The summed E-state index contributed by atoms with van der Waals surface area (Å²) in [6.45, 7) is 0. The van der Waals surface area contributed by atoms with E-state index in [1.807, 2.05) is 18.2 Å². The fraction of sp³-hybridized carbons (Fsp3) is 0. The van der Waals surface area contributed by atoms with Crippen molar-refractivity contribution in [1.29, 1.82) is 0 Å². The van der Waals surface area contributed by atoms with Crippen LogP contribution in [0.4, 0.5) is 0 Å². The normalized spacial score (nSPS) is 12.1. The number of furan rings is 2. The van der Waals surface area contributed by atoms with Gasteiger partial charge < -0.3 is 13.4 Å². The van der Waals surface area contributed by atoms with Gasteiger partial charge >= 0.3 is 0 Å². The molecule has 0 aliphatic rings. The number of nitrogens with zero attached hydrogens (tertiary/aromatic N) is 2. The highest BCUT2D eigenvalue weighted by Gasteiger charge is 2.20. The Morgan fingerprint density at radius 1 is 0.296 bits per heavy atom. The molecule has 0 bridgehead atoms. The maximum atomic E-state index is 6.70. The zero-order chi connectivity index (χ0) is 35.3. The number of rotatable bonds is 4. The van der Waals surface area contributed by atoms with E-state index in [4.69, 9.17) is 8.83 Å². The van der Waals surface area contributed by atoms with Crippen LogP contribution in [0.25, 0.3) is 110 Å². The largest absolute Gasteiger partial charge is 0.456 e. The zero-order valence-electron chi connectivity index (χ0n) is 29.0. The third-order valence-corrected chi connectivity index (χ3v) is 11.1. The van der Waals surface area contributed by atoms with Gasteiger partial charge in [-0.15, -0.1) is 0 Å². The Bertz CT molecular complexity index is 3430. The summed E-state index contributed by atoms with van der Waals surface area (Å²) >= 11 is 0. The van der Waals surface area contributed by atoms with Crippen molar-refractivity contribution < 1.29 is 8.83 Å². The Kier molecular flexibility index (Phi) is 6.02. The lowest BCUT2D eigenvalue weighted by Gasteiger charge is -2.10. The number of hydrogen-bond acceptors (Lipinski definition) is 2. The molecule has 4 heteroatoms. The zero-order valence-corrected chi connectivity index (χ0v) is 29.0. The number of fused-ring (bicyclic) bond motifs is 11. The van der Waals surface area contributed by atoms with Crippen molar-refractivity contribution in [3.8, 4) is 33.6 Å². The van der Waals surface area contributed by atoms with Gasteiger partial charge in [0.2, 0.25) is 5.71 Å². The van der Waals surface area contributed by atoms with Crippen molar-refractivity contribution >= 4 is 76.7 Å². The maximum absolute atomic E-state index is 6.70. The van der Waals surface area contributed by atoms with Gasteiger partial charge in [0, 0.05) is 43.7 Å². The molecule has 0 aliphatic carbocycles. The van der Waals surface area contributed by atoms with Gasteiger partial charge in [-0.2, -0.15) is 0 Å². The molecule has 252 valence electrons. The summed E-state index contributed by atoms with van der Waals surface area (Å²) in [5, 5.41) is 8.21. The minimum atomic E-state index is 0.870. The van der Waals surface area contributed by atoms with Crippen molar-refractivity contribution in [2.24, 2.45) is 0 Å².